The fraction of sp³-hybridized carbons (Fsp3) is 0.429. The van der Waals surface area contributed by atoms with Crippen molar-refractivity contribution in [3.8, 4) is 6.07 Å². The number of nitrogens with zero attached hydrogens (tertiary/aromatic N) is 3. The van der Waals surface area contributed by atoms with Crippen molar-refractivity contribution < 1.29 is 9.90 Å². The number of nitrogens with one attached hydrogen (secondary N) is 1. The zero-order valence-electron chi connectivity index (χ0n) is 16.4. The van der Waals surface area contributed by atoms with Gasteiger partial charge in [0, 0.05) is 32.4 Å². The summed E-state index contributed by atoms with van der Waals surface area (Å²) in [5.41, 5.74) is 0.562. The van der Waals surface area contributed by atoms with Crippen molar-refractivity contribution >= 4 is 41.1 Å². The molecule has 0 radical (unpaired) electrons. The van der Waals surface area contributed by atoms with Crippen molar-refractivity contribution in [2.75, 3.05) is 19.7 Å². The van der Waals surface area contributed by atoms with E-state index in [9.17, 15) is 15.2 Å². The maximum absolute atomic E-state index is 13.2. The fourth-order valence-electron chi connectivity index (χ4n) is 3.48. The summed E-state index contributed by atoms with van der Waals surface area (Å²) < 4.78 is 5.09. The number of likely N-dealkylation sites (tertiary alicyclic amines) is 1. The highest BCUT2D eigenvalue weighted by atomic mass is 35.5. The summed E-state index contributed by atoms with van der Waals surface area (Å²) in [6.45, 7) is 1.96. The van der Waals surface area contributed by atoms with Crippen LogP contribution in [0.3, 0.4) is 0 Å². The molecule has 1 aliphatic heterocycles. The summed E-state index contributed by atoms with van der Waals surface area (Å²) in [6.07, 6.45) is 3.95. The summed E-state index contributed by atoms with van der Waals surface area (Å²) in [4.78, 5) is 15.8. The Labute approximate surface area is 190 Å². The predicted octanol–water partition coefficient (Wildman–Crippen LogP) is 3.95. The molecule has 1 aromatic carbocycles. The van der Waals surface area contributed by atoms with Crippen LogP contribution in [-0.4, -0.2) is 46.2 Å². The number of amides is 1. The van der Waals surface area contributed by atoms with Crippen LogP contribution in [0.5, 0.6) is 0 Å². The van der Waals surface area contributed by atoms with Crippen molar-refractivity contribution in [2.45, 2.75) is 36.7 Å². The quantitative estimate of drug-likeness (QED) is 0.575. The van der Waals surface area contributed by atoms with Crippen LogP contribution in [0.25, 0.3) is 0 Å². The number of hydrogen-bond donors (Lipinski definition) is 2. The number of aliphatic hydroxyl groups excluding tert-OH is 1. The normalized spacial score (nSPS) is 15.7. The van der Waals surface area contributed by atoms with E-state index in [0.717, 1.165) is 12.8 Å². The van der Waals surface area contributed by atoms with Crippen LogP contribution in [0.15, 0.2) is 41.4 Å². The van der Waals surface area contributed by atoms with Crippen molar-refractivity contribution in [3.63, 3.8) is 0 Å². The Balaban J connectivity index is 1.70. The summed E-state index contributed by atoms with van der Waals surface area (Å²) >= 11 is 13.8. The van der Waals surface area contributed by atoms with Crippen molar-refractivity contribution in [1.29, 1.82) is 5.26 Å². The standard InChI is InChI=1S/C21H24Cl2N4O2S/c22-17-4-1-5-18(23)20(17)30-25-19(8-12-26-9-2-3-16(26)13-24)21(29)27-10-6-15(14-28)7-11-27/h1-5,9,15,19,25,28H,6-8,10-12,14H2. The third kappa shape index (κ3) is 5.71. The minimum Gasteiger partial charge on any atom is -0.396 e. The first kappa shape index (κ1) is 23.0. The molecule has 30 heavy (non-hydrogen) atoms. The number of benzene rings is 1. The fourth-order valence-corrected chi connectivity index (χ4v) is 4.92. The molecule has 6 nitrogen and oxygen atoms in total. The van der Waals surface area contributed by atoms with Gasteiger partial charge in [0.15, 0.2) is 0 Å². The highest BCUT2D eigenvalue weighted by Gasteiger charge is 2.28. The minimum absolute atomic E-state index is 0.00716. The molecule has 9 heteroatoms. The Hall–Kier alpha value is -1.69. The Morgan fingerprint density at radius 3 is 2.60 bits per heavy atom. The van der Waals surface area contributed by atoms with Crippen LogP contribution in [0, 0.1) is 17.2 Å². The smallest absolute Gasteiger partial charge is 0.240 e. The van der Waals surface area contributed by atoms with E-state index in [1.54, 1.807) is 24.3 Å². The number of aliphatic hydroxyl groups is 1. The van der Waals surface area contributed by atoms with Crippen LogP contribution >= 0.6 is 35.1 Å². The molecule has 0 saturated carbocycles. The second-order valence-corrected chi connectivity index (χ2v) is 8.92. The molecule has 0 bridgehead atoms. The first-order chi connectivity index (χ1) is 14.5. The molecule has 1 unspecified atom stereocenters. The van der Waals surface area contributed by atoms with E-state index >= 15 is 0 Å². The van der Waals surface area contributed by atoms with E-state index in [1.165, 1.54) is 11.9 Å². The van der Waals surface area contributed by atoms with E-state index in [1.807, 2.05) is 21.7 Å². The Kier molecular flexibility index (Phi) is 8.49. The molecule has 0 aliphatic carbocycles. The monoisotopic (exact) mass is 466 g/mol. The third-order valence-electron chi connectivity index (χ3n) is 5.31. The summed E-state index contributed by atoms with van der Waals surface area (Å²) in [7, 11) is 0. The number of carbonyl (C=O) groups is 1. The lowest BCUT2D eigenvalue weighted by atomic mass is 9.97. The van der Waals surface area contributed by atoms with Gasteiger partial charge in [-0.3, -0.25) is 4.79 Å². The highest BCUT2D eigenvalue weighted by molar-refractivity contribution is 7.97. The van der Waals surface area contributed by atoms with Crippen LogP contribution in [0.2, 0.25) is 10.0 Å². The van der Waals surface area contributed by atoms with Gasteiger partial charge in [-0.15, -0.1) is 0 Å². The lowest BCUT2D eigenvalue weighted by molar-refractivity contribution is -0.134. The van der Waals surface area contributed by atoms with Crippen LogP contribution < -0.4 is 4.72 Å². The Morgan fingerprint density at radius 1 is 1.27 bits per heavy atom. The molecule has 2 heterocycles. The molecule has 2 aromatic rings. The van der Waals surface area contributed by atoms with E-state index in [2.05, 4.69) is 10.8 Å². The molecular weight excluding hydrogens is 443 g/mol. The summed E-state index contributed by atoms with van der Waals surface area (Å²) in [5, 5.41) is 19.6. The number of carbonyl (C=O) groups excluding carboxylic acids is 1. The zero-order chi connectivity index (χ0) is 21.5. The third-order valence-corrected chi connectivity index (χ3v) is 7.21. The molecule has 1 aliphatic rings. The number of piperidine rings is 1. The maximum atomic E-state index is 13.2. The van der Waals surface area contributed by atoms with Gasteiger partial charge < -0.3 is 14.6 Å². The highest BCUT2D eigenvalue weighted by Crippen LogP contribution is 2.33. The van der Waals surface area contributed by atoms with Crippen LogP contribution in [-0.2, 0) is 11.3 Å². The Morgan fingerprint density at radius 2 is 1.97 bits per heavy atom. The minimum atomic E-state index is -0.470. The summed E-state index contributed by atoms with van der Waals surface area (Å²) in [6, 6.07) is 10.6. The molecule has 1 fully saturated rings. The van der Waals surface area contributed by atoms with E-state index < -0.39 is 6.04 Å². The average Bonchev–Trinajstić information content (AvgIpc) is 3.22. The van der Waals surface area contributed by atoms with E-state index in [4.69, 9.17) is 23.2 Å². The lowest BCUT2D eigenvalue weighted by Crippen LogP contribution is -2.48. The zero-order valence-corrected chi connectivity index (χ0v) is 18.8. The number of aromatic nitrogens is 1. The molecule has 3 rings (SSSR count). The molecule has 1 atom stereocenters. The molecule has 1 saturated heterocycles. The van der Waals surface area contributed by atoms with Crippen molar-refractivity contribution in [1.82, 2.24) is 14.2 Å². The Bertz CT molecular complexity index is 886. The number of nitriles is 1. The SMILES string of the molecule is N#Cc1cccn1CCC(NSc1c(Cl)cccc1Cl)C(=O)N1CCC(CO)CC1. The van der Waals surface area contributed by atoms with Gasteiger partial charge in [0.25, 0.3) is 0 Å². The second kappa shape index (κ2) is 11.1. The largest absolute Gasteiger partial charge is 0.396 e. The number of halogens is 2. The maximum Gasteiger partial charge on any atom is 0.240 e. The van der Waals surface area contributed by atoms with E-state index in [0.29, 0.717) is 46.7 Å². The van der Waals surface area contributed by atoms with Crippen molar-refractivity contribution in [2.24, 2.45) is 5.92 Å². The number of hydrogen-bond acceptors (Lipinski definition) is 5. The molecule has 0 spiro atoms. The first-order valence-electron chi connectivity index (χ1n) is 9.84. The van der Waals surface area contributed by atoms with E-state index in [-0.39, 0.29) is 18.4 Å². The van der Waals surface area contributed by atoms with Gasteiger partial charge in [0.2, 0.25) is 5.91 Å². The topological polar surface area (TPSA) is 81.3 Å². The van der Waals surface area contributed by atoms with Crippen LogP contribution in [0.4, 0.5) is 0 Å². The van der Waals surface area contributed by atoms with Gasteiger partial charge in [-0.05, 0) is 61.4 Å². The average molecular weight is 467 g/mol. The molecular formula is C21H24Cl2N4O2S. The van der Waals surface area contributed by atoms with Gasteiger partial charge in [-0.1, -0.05) is 29.3 Å². The molecule has 1 aromatic heterocycles. The molecule has 160 valence electrons. The second-order valence-electron chi connectivity index (χ2n) is 7.26. The predicted molar refractivity (Wildman–Crippen MR) is 119 cm³/mol. The molecule has 2 N–H and O–H groups in total. The van der Waals surface area contributed by atoms with Gasteiger partial charge in [-0.25, -0.2) is 4.72 Å². The van der Waals surface area contributed by atoms with Crippen molar-refractivity contribution in [3.05, 3.63) is 52.3 Å². The van der Waals surface area contributed by atoms with Crippen LogP contribution in [0.1, 0.15) is 25.0 Å². The number of aryl methyl sites for hydroxylation is 1. The number of rotatable bonds is 8. The van der Waals surface area contributed by atoms with Gasteiger partial charge in [0.05, 0.1) is 21.0 Å². The first-order valence-corrected chi connectivity index (χ1v) is 11.4. The summed E-state index contributed by atoms with van der Waals surface area (Å²) in [5.74, 6) is 0.266. The van der Waals surface area contributed by atoms with Gasteiger partial charge in [-0.2, -0.15) is 5.26 Å². The van der Waals surface area contributed by atoms with Gasteiger partial charge in [0.1, 0.15) is 11.8 Å². The molecule has 1 amide bonds. The van der Waals surface area contributed by atoms with Gasteiger partial charge >= 0.3 is 0 Å². The lowest BCUT2D eigenvalue weighted by Gasteiger charge is -2.34.